The van der Waals surface area contributed by atoms with Gasteiger partial charge in [-0.25, -0.2) is 8.42 Å². The predicted octanol–water partition coefficient (Wildman–Crippen LogP) is 0.559. The summed E-state index contributed by atoms with van der Waals surface area (Å²) in [6.45, 7) is 0.587. The first kappa shape index (κ1) is 11.1. The van der Waals surface area contributed by atoms with Crippen LogP contribution in [0.1, 0.15) is 25.7 Å². The molecule has 1 unspecified atom stereocenters. The van der Waals surface area contributed by atoms with E-state index in [0.29, 0.717) is 25.9 Å². The summed E-state index contributed by atoms with van der Waals surface area (Å²) >= 11 is 0. The van der Waals surface area contributed by atoms with Gasteiger partial charge in [0, 0.05) is 12.5 Å². The summed E-state index contributed by atoms with van der Waals surface area (Å²) in [4.78, 5) is 10.7. The lowest BCUT2D eigenvalue weighted by molar-refractivity contribution is -0.128. The maximum absolute atomic E-state index is 11.3. The third-order valence-electron chi connectivity index (χ3n) is 3.46. The molecule has 0 N–H and O–H groups in total. The number of sulfone groups is 1. The maximum atomic E-state index is 11.3. The van der Waals surface area contributed by atoms with E-state index >= 15 is 0 Å². The van der Waals surface area contributed by atoms with Gasteiger partial charge in [-0.05, 0) is 25.7 Å². The first-order chi connectivity index (χ1) is 7.05. The van der Waals surface area contributed by atoms with Gasteiger partial charge in [-0.2, -0.15) is 0 Å². The van der Waals surface area contributed by atoms with Crippen molar-refractivity contribution in [1.29, 1.82) is 0 Å². The fourth-order valence-corrected chi connectivity index (χ4v) is 4.01. The molecule has 5 heteroatoms. The molecule has 2 aliphatic rings. The Kier molecular flexibility index (Phi) is 2.85. The van der Waals surface area contributed by atoms with E-state index in [9.17, 15) is 13.2 Å². The van der Waals surface area contributed by atoms with E-state index in [-0.39, 0.29) is 23.0 Å². The minimum Gasteiger partial charge on any atom is -0.375 e. The Hall–Kier alpha value is -0.420. The standard InChI is InChI=1S/C10H16O4S/c11-8-9-1-4-14-10(7-9)2-5-15(12,13)6-3-10/h8-9H,1-7H2. The van der Waals surface area contributed by atoms with Crippen LogP contribution in [0.25, 0.3) is 0 Å². The predicted molar refractivity (Wildman–Crippen MR) is 55.4 cm³/mol. The van der Waals surface area contributed by atoms with Gasteiger partial charge in [0.1, 0.15) is 6.29 Å². The van der Waals surface area contributed by atoms with Gasteiger partial charge in [0.2, 0.25) is 0 Å². The third-order valence-corrected chi connectivity index (χ3v) is 5.11. The molecule has 0 saturated carbocycles. The molecule has 2 rings (SSSR count). The molecule has 0 amide bonds. The summed E-state index contributed by atoms with van der Waals surface area (Å²) in [5, 5.41) is 0. The SMILES string of the molecule is O=CC1CCOC2(CCS(=O)(=O)CC2)C1. The Labute approximate surface area is 89.9 Å². The molecule has 0 bridgehead atoms. The highest BCUT2D eigenvalue weighted by Gasteiger charge is 2.41. The van der Waals surface area contributed by atoms with E-state index in [0.717, 1.165) is 12.7 Å². The lowest BCUT2D eigenvalue weighted by Crippen LogP contribution is -2.46. The van der Waals surface area contributed by atoms with Crippen molar-refractivity contribution in [2.75, 3.05) is 18.1 Å². The molecule has 15 heavy (non-hydrogen) atoms. The topological polar surface area (TPSA) is 60.4 Å². The van der Waals surface area contributed by atoms with E-state index in [4.69, 9.17) is 4.74 Å². The van der Waals surface area contributed by atoms with Crippen LogP contribution in [0.15, 0.2) is 0 Å². The maximum Gasteiger partial charge on any atom is 0.150 e. The number of carbonyl (C=O) groups excluding carboxylic acids is 1. The molecule has 2 fully saturated rings. The van der Waals surface area contributed by atoms with Crippen LogP contribution in [-0.4, -0.2) is 38.4 Å². The zero-order valence-corrected chi connectivity index (χ0v) is 9.46. The van der Waals surface area contributed by atoms with Gasteiger partial charge in [-0.3, -0.25) is 0 Å². The molecule has 0 radical (unpaired) electrons. The Balaban J connectivity index is 2.05. The number of hydrogen-bond acceptors (Lipinski definition) is 4. The summed E-state index contributed by atoms with van der Waals surface area (Å²) in [7, 11) is -2.85. The van der Waals surface area contributed by atoms with Gasteiger partial charge in [-0.15, -0.1) is 0 Å². The Morgan fingerprint density at radius 2 is 1.93 bits per heavy atom. The van der Waals surface area contributed by atoms with Crippen LogP contribution >= 0.6 is 0 Å². The number of hydrogen-bond donors (Lipinski definition) is 0. The summed E-state index contributed by atoms with van der Waals surface area (Å²) in [6, 6.07) is 0. The minimum absolute atomic E-state index is 0.0551. The highest BCUT2D eigenvalue weighted by Crippen LogP contribution is 2.37. The first-order valence-corrected chi connectivity index (χ1v) is 7.17. The Bertz CT molecular complexity index is 332. The summed E-state index contributed by atoms with van der Waals surface area (Å²) in [5.41, 5.74) is -0.324. The molecule has 0 aromatic carbocycles. The Morgan fingerprint density at radius 3 is 2.53 bits per heavy atom. The normalized spacial score (nSPS) is 33.7. The lowest BCUT2D eigenvalue weighted by Gasteiger charge is -2.41. The quantitative estimate of drug-likeness (QED) is 0.620. The molecule has 0 aliphatic carbocycles. The smallest absolute Gasteiger partial charge is 0.150 e. The van der Waals surface area contributed by atoms with Crippen molar-refractivity contribution in [3.05, 3.63) is 0 Å². The molecule has 2 heterocycles. The van der Waals surface area contributed by atoms with Crippen molar-refractivity contribution in [3.8, 4) is 0 Å². The second-order valence-electron chi connectivity index (χ2n) is 4.57. The average Bonchev–Trinajstić information content (AvgIpc) is 2.24. The zero-order chi connectivity index (χ0) is 10.9. The van der Waals surface area contributed by atoms with Crippen LogP contribution in [0.2, 0.25) is 0 Å². The number of rotatable bonds is 1. The molecule has 0 aromatic rings. The minimum atomic E-state index is -2.85. The highest BCUT2D eigenvalue weighted by molar-refractivity contribution is 7.91. The molecule has 0 aromatic heterocycles. The summed E-state index contributed by atoms with van der Waals surface area (Å²) in [6.07, 6.45) is 3.57. The van der Waals surface area contributed by atoms with Crippen LogP contribution < -0.4 is 0 Å². The fraction of sp³-hybridized carbons (Fsp3) is 0.900. The van der Waals surface area contributed by atoms with Gasteiger partial charge in [0.15, 0.2) is 9.84 Å². The number of carbonyl (C=O) groups is 1. The average molecular weight is 232 g/mol. The molecule has 1 spiro atoms. The molecule has 4 nitrogen and oxygen atoms in total. The van der Waals surface area contributed by atoms with Gasteiger partial charge in [0.25, 0.3) is 0 Å². The van der Waals surface area contributed by atoms with Crippen molar-refractivity contribution >= 4 is 16.1 Å². The van der Waals surface area contributed by atoms with Crippen molar-refractivity contribution in [1.82, 2.24) is 0 Å². The lowest BCUT2D eigenvalue weighted by atomic mass is 9.82. The van der Waals surface area contributed by atoms with E-state index in [1.54, 1.807) is 0 Å². The van der Waals surface area contributed by atoms with Crippen molar-refractivity contribution < 1.29 is 17.9 Å². The zero-order valence-electron chi connectivity index (χ0n) is 8.65. The van der Waals surface area contributed by atoms with Crippen molar-refractivity contribution in [3.63, 3.8) is 0 Å². The third kappa shape index (κ3) is 2.39. The fourth-order valence-electron chi connectivity index (χ4n) is 2.44. The van der Waals surface area contributed by atoms with E-state index < -0.39 is 9.84 Å². The van der Waals surface area contributed by atoms with Crippen molar-refractivity contribution in [2.45, 2.75) is 31.3 Å². The Morgan fingerprint density at radius 1 is 1.27 bits per heavy atom. The van der Waals surface area contributed by atoms with Crippen LogP contribution in [0.5, 0.6) is 0 Å². The first-order valence-electron chi connectivity index (χ1n) is 5.35. The van der Waals surface area contributed by atoms with Crippen LogP contribution in [-0.2, 0) is 19.4 Å². The van der Waals surface area contributed by atoms with Crippen LogP contribution in [0.3, 0.4) is 0 Å². The molecular formula is C10H16O4S. The molecule has 1 atom stereocenters. The second kappa shape index (κ2) is 3.87. The summed E-state index contributed by atoms with van der Waals surface area (Å²) in [5.74, 6) is 0.469. The van der Waals surface area contributed by atoms with Gasteiger partial charge in [-0.1, -0.05) is 0 Å². The molecular weight excluding hydrogens is 216 g/mol. The largest absolute Gasteiger partial charge is 0.375 e. The number of ether oxygens (including phenoxy) is 1. The monoisotopic (exact) mass is 232 g/mol. The molecule has 2 saturated heterocycles. The van der Waals surface area contributed by atoms with Crippen molar-refractivity contribution in [2.24, 2.45) is 5.92 Å². The van der Waals surface area contributed by atoms with E-state index in [1.807, 2.05) is 0 Å². The van der Waals surface area contributed by atoms with Gasteiger partial charge in [0.05, 0.1) is 17.1 Å². The van der Waals surface area contributed by atoms with Gasteiger partial charge >= 0.3 is 0 Å². The van der Waals surface area contributed by atoms with Crippen LogP contribution in [0.4, 0.5) is 0 Å². The number of aldehydes is 1. The van der Waals surface area contributed by atoms with Crippen LogP contribution in [0, 0.1) is 5.92 Å². The molecule has 2 aliphatic heterocycles. The van der Waals surface area contributed by atoms with E-state index in [1.165, 1.54) is 0 Å². The summed E-state index contributed by atoms with van der Waals surface area (Å²) < 4.78 is 28.3. The molecule has 86 valence electrons. The second-order valence-corrected chi connectivity index (χ2v) is 6.88. The highest BCUT2D eigenvalue weighted by atomic mass is 32.2. The van der Waals surface area contributed by atoms with Gasteiger partial charge < -0.3 is 9.53 Å². The van der Waals surface area contributed by atoms with E-state index in [2.05, 4.69) is 0 Å².